The number of rotatable bonds is 7. The van der Waals surface area contributed by atoms with E-state index in [0.29, 0.717) is 42.2 Å². The molecular weight excluding hydrogens is 458 g/mol. The van der Waals surface area contributed by atoms with Gasteiger partial charge in [-0.05, 0) is 80.3 Å². The van der Waals surface area contributed by atoms with E-state index in [9.17, 15) is 18.0 Å². The molecule has 1 aromatic heterocycles. The molecule has 0 unspecified atom stereocenters. The zero-order chi connectivity index (χ0) is 24.3. The van der Waals surface area contributed by atoms with Gasteiger partial charge in [0.05, 0.1) is 9.77 Å². The molecule has 0 atom stereocenters. The molecule has 1 aliphatic rings. The molecule has 1 fully saturated rings. The summed E-state index contributed by atoms with van der Waals surface area (Å²) >= 11 is 1.38. The summed E-state index contributed by atoms with van der Waals surface area (Å²) in [5.41, 5.74) is 4.76. The van der Waals surface area contributed by atoms with E-state index in [1.807, 2.05) is 46.1 Å². The predicted octanol–water partition coefficient (Wildman–Crippen LogP) is 3.33. The molecule has 1 aliphatic heterocycles. The van der Waals surface area contributed by atoms with E-state index >= 15 is 0 Å². The maximum absolute atomic E-state index is 13.5. The lowest BCUT2D eigenvalue weighted by molar-refractivity contribution is -0.132. The lowest BCUT2D eigenvalue weighted by atomic mass is 9.95. The molecule has 1 N–H and O–H groups in total. The number of amides is 2. The van der Waals surface area contributed by atoms with Crippen LogP contribution in [-0.4, -0.2) is 62.2 Å². The van der Waals surface area contributed by atoms with Gasteiger partial charge in [0.2, 0.25) is 15.9 Å². The van der Waals surface area contributed by atoms with Gasteiger partial charge in [0.1, 0.15) is 0 Å². The highest BCUT2D eigenvalue weighted by Gasteiger charge is 2.33. The van der Waals surface area contributed by atoms with Gasteiger partial charge in [0.25, 0.3) is 5.91 Å². The van der Waals surface area contributed by atoms with E-state index in [1.165, 1.54) is 15.6 Å². The van der Waals surface area contributed by atoms with Crippen LogP contribution in [0.25, 0.3) is 0 Å². The van der Waals surface area contributed by atoms with Crippen molar-refractivity contribution in [2.45, 2.75) is 52.4 Å². The van der Waals surface area contributed by atoms with Crippen molar-refractivity contribution in [3.8, 4) is 0 Å². The van der Waals surface area contributed by atoms with Crippen molar-refractivity contribution in [2.24, 2.45) is 0 Å². The van der Waals surface area contributed by atoms with Crippen LogP contribution in [-0.2, 0) is 14.8 Å². The van der Waals surface area contributed by atoms with Crippen molar-refractivity contribution in [2.75, 3.05) is 32.7 Å². The van der Waals surface area contributed by atoms with Crippen LogP contribution in [0.2, 0.25) is 0 Å². The number of hydrogen-bond acceptors (Lipinski definition) is 5. The Morgan fingerprint density at radius 1 is 0.939 bits per heavy atom. The SMILES string of the molecule is Cc1c(C)c(C)c(S(=O)(=O)N2CCN(C(=O)CCCNC(=O)c3cccs3)CC2)c(C)c1C. The summed E-state index contributed by atoms with van der Waals surface area (Å²) < 4.78 is 28.5. The van der Waals surface area contributed by atoms with Crippen molar-refractivity contribution in [3.63, 3.8) is 0 Å². The number of carbonyl (C=O) groups excluding carboxylic acids is 2. The Balaban J connectivity index is 1.55. The maximum atomic E-state index is 13.5. The zero-order valence-electron chi connectivity index (χ0n) is 20.0. The third-order valence-corrected chi connectivity index (χ3v) is 9.76. The number of hydrogen-bond donors (Lipinski definition) is 1. The summed E-state index contributed by atoms with van der Waals surface area (Å²) in [7, 11) is -3.64. The molecule has 0 spiro atoms. The fourth-order valence-corrected chi connectivity index (χ4v) is 6.88. The first-order chi connectivity index (χ1) is 15.6. The lowest BCUT2D eigenvalue weighted by Gasteiger charge is -2.35. The molecule has 2 amide bonds. The number of nitrogens with one attached hydrogen (secondary N) is 1. The second-order valence-corrected chi connectivity index (χ2v) is 11.4. The van der Waals surface area contributed by atoms with Gasteiger partial charge in [-0.1, -0.05) is 6.07 Å². The summed E-state index contributed by atoms with van der Waals surface area (Å²) in [5.74, 6) is -0.129. The van der Waals surface area contributed by atoms with Crippen molar-refractivity contribution in [1.29, 1.82) is 0 Å². The topological polar surface area (TPSA) is 86.8 Å². The second kappa shape index (κ2) is 10.4. The van der Waals surface area contributed by atoms with Crippen molar-refractivity contribution in [1.82, 2.24) is 14.5 Å². The van der Waals surface area contributed by atoms with Crippen molar-refractivity contribution in [3.05, 3.63) is 50.2 Å². The molecule has 7 nitrogen and oxygen atoms in total. The van der Waals surface area contributed by atoms with Gasteiger partial charge < -0.3 is 10.2 Å². The molecule has 0 aliphatic carbocycles. The Kier molecular flexibility index (Phi) is 7.97. The Bertz CT molecular complexity index is 1100. The van der Waals surface area contributed by atoms with Crippen LogP contribution in [0.15, 0.2) is 22.4 Å². The average Bonchev–Trinajstić information content (AvgIpc) is 3.34. The summed E-state index contributed by atoms with van der Waals surface area (Å²) in [6, 6.07) is 3.59. The minimum atomic E-state index is -3.64. The summed E-state index contributed by atoms with van der Waals surface area (Å²) in [6.45, 7) is 11.5. The first-order valence-corrected chi connectivity index (χ1v) is 13.5. The Labute approximate surface area is 200 Å². The van der Waals surface area contributed by atoms with E-state index in [2.05, 4.69) is 5.32 Å². The van der Waals surface area contributed by atoms with E-state index < -0.39 is 10.0 Å². The minimum absolute atomic E-state index is 0.00759. The van der Waals surface area contributed by atoms with Gasteiger partial charge in [-0.2, -0.15) is 4.31 Å². The molecule has 2 heterocycles. The molecule has 180 valence electrons. The second-order valence-electron chi connectivity index (χ2n) is 8.58. The fourth-order valence-electron chi connectivity index (χ4n) is 4.25. The van der Waals surface area contributed by atoms with Crippen LogP contribution in [0.5, 0.6) is 0 Å². The molecule has 2 aromatic rings. The quantitative estimate of drug-likeness (QED) is 0.602. The Morgan fingerprint density at radius 2 is 1.52 bits per heavy atom. The van der Waals surface area contributed by atoms with Gasteiger partial charge in [-0.15, -0.1) is 11.3 Å². The van der Waals surface area contributed by atoms with Crippen molar-refractivity contribution < 1.29 is 18.0 Å². The average molecular weight is 492 g/mol. The smallest absolute Gasteiger partial charge is 0.261 e. The first-order valence-electron chi connectivity index (χ1n) is 11.2. The highest BCUT2D eigenvalue weighted by Crippen LogP contribution is 2.32. The summed E-state index contributed by atoms with van der Waals surface area (Å²) in [6.07, 6.45) is 0.876. The Hall–Kier alpha value is -2.23. The molecule has 0 radical (unpaired) electrons. The van der Waals surface area contributed by atoms with Gasteiger partial charge in [0, 0.05) is 39.1 Å². The zero-order valence-corrected chi connectivity index (χ0v) is 21.7. The van der Waals surface area contributed by atoms with Crippen LogP contribution in [0.3, 0.4) is 0 Å². The standard InChI is InChI=1S/C24H33N3O4S2/c1-16-17(2)19(4)23(20(5)18(16)3)33(30,31)27-13-11-26(12-14-27)22(28)9-6-10-25-24(29)21-8-7-15-32-21/h7-8,15H,6,9-14H2,1-5H3,(H,25,29). The third-order valence-electron chi connectivity index (χ3n) is 6.72. The number of piperazine rings is 1. The molecule has 33 heavy (non-hydrogen) atoms. The molecular formula is C24H33N3O4S2. The van der Waals surface area contributed by atoms with Gasteiger partial charge >= 0.3 is 0 Å². The highest BCUT2D eigenvalue weighted by atomic mass is 32.2. The maximum Gasteiger partial charge on any atom is 0.261 e. The molecule has 1 saturated heterocycles. The predicted molar refractivity (Wildman–Crippen MR) is 131 cm³/mol. The summed E-state index contributed by atoms with van der Waals surface area (Å²) in [4.78, 5) is 27.3. The molecule has 3 rings (SSSR count). The molecule has 0 saturated carbocycles. The van der Waals surface area contributed by atoms with E-state index in [0.717, 1.165) is 27.8 Å². The van der Waals surface area contributed by atoms with E-state index in [-0.39, 0.29) is 24.9 Å². The molecule has 0 bridgehead atoms. The van der Waals surface area contributed by atoms with Gasteiger partial charge in [0.15, 0.2) is 0 Å². The van der Waals surface area contributed by atoms with E-state index in [4.69, 9.17) is 0 Å². The highest BCUT2D eigenvalue weighted by molar-refractivity contribution is 7.89. The van der Waals surface area contributed by atoms with Crippen molar-refractivity contribution >= 4 is 33.2 Å². The number of sulfonamides is 1. The number of carbonyl (C=O) groups is 2. The lowest BCUT2D eigenvalue weighted by Crippen LogP contribution is -2.50. The molecule has 1 aromatic carbocycles. The third kappa shape index (κ3) is 5.31. The first kappa shape index (κ1) is 25.4. The van der Waals surface area contributed by atoms with Crippen LogP contribution >= 0.6 is 11.3 Å². The fraction of sp³-hybridized carbons (Fsp3) is 0.500. The monoisotopic (exact) mass is 491 g/mol. The number of benzene rings is 1. The van der Waals surface area contributed by atoms with Crippen LogP contribution in [0.4, 0.5) is 0 Å². The largest absolute Gasteiger partial charge is 0.351 e. The number of thiophene rings is 1. The summed E-state index contributed by atoms with van der Waals surface area (Å²) in [5, 5.41) is 4.67. The van der Waals surface area contributed by atoms with Crippen LogP contribution in [0, 0.1) is 34.6 Å². The van der Waals surface area contributed by atoms with Crippen LogP contribution < -0.4 is 5.32 Å². The molecule has 9 heteroatoms. The minimum Gasteiger partial charge on any atom is -0.351 e. The Morgan fingerprint density at radius 3 is 2.06 bits per heavy atom. The van der Waals surface area contributed by atoms with E-state index in [1.54, 1.807) is 11.0 Å². The normalized spacial score (nSPS) is 15.0. The van der Waals surface area contributed by atoms with Crippen LogP contribution in [0.1, 0.15) is 50.3 Å². The van der Waals surface area contributed by atoms with Gasteiger partial charge in [-0.3, -0.25) is 9.59 Å². The number of nitrogens with zero attached hydrogens (tertiary/aromatic N) is 2. The van der Waals surface area contributed by atoms with Gasteiger partial charge in [-0.25, -0.2) is 8.42 Å².